The average Bonchev–Trinajstić information content (AvgIpc) is 2.98. The summed E-state index contributed by atoms with van der Waals surface area (Å²) < 4.78 is 5.93. The summed E-state index contributed by atoms with van der Waals surface area (Å²) >= 11 is 3.27. The molecule has 2 atom stereocenters. The number of amides is 1. The monoisotopic (exact) mass is 326 g/mol. The lowest BCUT2D eigenvalue weighted by atomic mass is 10.1. The lowest BCUT2D eigenvalue weighted by molar-refractivity contribution is 0.0899. The Kier molecular flexibility index (Phi) is 4.44. The molecule has 0 saturated carbocycles. The maximum absolute atomic E-state index is 11.9. The molecule has 0 radical (unpaired) electrons. The molecule has 0 saturated heterocycles. The molecule has 102 valence electrons. The minimum Gasteiger partial charge on any atom is -0.467 e. The number of aromatic amines is 1. The summed E-state index contributed by atoms with van der Waals surface area (Å²) in [6, 6.07) is 4.96. The van der Waals surface area contributed by atoms with Crippen LogP contribution in [0.15, 0.2) is 39.5 Å². The van der Waals surface area contributed by atoms with Crippen LogP contribution >= 0.6 is 15.9 Å². The number of aromatic nitrogens is 1. The average molecular weight is 327 g/mol. The summed E-state index contributed by atoms with van der Waals surface area (Å²) in [5.74, 6) is 0.300. The number of furan rings is 1. The molecule has 0 aliphatic rings. The van der Waals surface area contributed by atoms with E-state index in [1.165, 1.54) is 6.26 Å². The second-order valence-corrected chi connectivity index (χ2v) is 5.29. The summed E-state index contributed by atoms with van der Waals surface area (Å²) in [5.41, 5.74) is 0.478. The molecule has 0 aromatic carbocycles. The van der Waals surface area contributed by atoms with Crippen LogP contribution in [0.25, 0.3) is 0 Å². The second-order valence-electron chi connectivity index (χ2n) is 4.37. The van der Waals surface area contributed by atoms with Crippen LogP contribution in [0.2, 0.25) is 0 Å². The SMILES string of the molecule is CC(CC(O)c1ccco1)NC(=O)c1cc(Br)c[nH]1. The van der Waals surface area contributed by atoms with Crippen molar-refractivity contribution < 1.29 is 14.3 Å². The van der Waals surface area contributed by atoms with Gasteiger partial charge in [-0.15, -0.1) is 0 Å². The number of carbonyl (C=O) groups is 1. The Hall–Kier alpha value is -1.53. The van der Waals surface area contributed by atoms with Crippen LogP contribution in [0.4, 0.5) is 0 Å². The number of aliphatic hydroxyl groups is 1. The number of aliphatic hydroxyl groups excluding tert-OH is 1. The van der Waals surface area contributed by atoms with Crippen LogP contribution in [-0.4, -0.2) is 22.0 Å². The predicted molar refractivity (Wildman–Crippen MR) is 73.7 cm³/mol. The lowest BCUT2D eigenvalue weighted by Crippen LogP contribution is -2.33. The van der Waals surface area contributed by atoms with Gasteiger partial charge >= 0.3 is 0 Å². The van der Waals surface area contributed by atoms with Crippen LogP contribution in [0.1, 0.15) is 35.7 Å². The van der Waals surface area contributed by atoms with Gasteiger partial charge in [-0.2, -0.15) is 0 Å². The Morgan fingerprint density at radius 1 is 1.63 bits per heavy atom. The number of H-pyrrole nitrogens is 1. The summed E-state index contributed by atoms with van der Waals surface area (Å²) in [5, 5.41) is 12.7. The van der Waals surface area contributed by atoms with Gasteiger partial charge in [0.25, 0.3) is 5.91 Å². The van der Waals surface area contributed by atoms with Gasteiger partial charge in [-0.3, -0.25) is 4.79 Å². The van der Waals surface area contributed by atoms with E-state index in [1.807, 2.05) is 6.92 Å². The van der Waals surface area contributed by atoms with Crippen molar-refractivity contribution in [3.05, 3.63) is 46.6 Å². The first-order chi connectivity index (χ1) is 9.06. The van der Waals surface area contributed by atoms with Gasteiger partial charge in [-0.1, -0.05) is 0 Å². The van der Waals surface area contributed by atoms with E-state index in [-0.39, 0.29) is 11.9 Å². The van der Waals surface area contributed by atoms with Crippen LogP contribution < -0.4 is 5.32 Å². The summed E-state index contributed by atoms with van der Waals surface area (Å²) in [7, 11) is 0. The van der Waals surface area contributed by atoms with Gasteiger partial charge in [0.15, 0.2) is 0 Å². The molecule has 1 amide bonds. The van der Waals surface area contributed by atoms with Crippen molar-refractivity contribution in [2.75, 3.05) is 0 Å². The Morgan fingerprint density at radius 2 is 2.42 bits per heavy atom. The van der Waals surface area contributed by atoms with Crippen molar-refractivity contribution >= 4 is 21.8 Å². The smallest absolute Gasteiger partial charge is 0.267 e. The zero-order chi connectivity index (χ0) is 13.8. The van der Waals surface area contributed by atoms with Gasteiger partial charge < -0.3 is 19.8 Å². The van der Waals surface area contributed by atoms with Crippen molar-refractivity contribution in [3.63, 3.8) is 0 Å². The highest BCUT2D eigenvalue weighted by Gasteiger charge is 2.17. The Balaban J connectivity index is 1.87. The van der Waals surface area contributed by atoms with Gasteiger partial charge in [-0.25, -0.2) is 0 Å². The van der Waals surface area contributed by atoms with Crippen molar-refractivity contribution in [2.24, 2.45) is 0 Å². The topological polar surface area (TPSA) is 78.3 Å². The highest BCUT2D eigenvalue weighted by atomic mass is 79.9. The van der Waals surface area contributed by atoms with Gasteiger partial charge in [0, 0.05) is 23.1 Å². The van der Waals surface area contributed by atoms with Crippen LogP contribution in [0.3, 0.4) is 0 Å². The maximum atomic E-state index is 11.9. The zero-order valence-electron chi connectivity index (χ0n) is 10.4. The van der Waals surface area contributed by atoms with E-state index >= 15 is 0 Å². The minimum atomic E-state index is -0.722. The molecule has 0 fully saturated rings. The fourth-order valence-electron chi connectivity index (χ4n) is 1.79. The first-order valence-electron chi connectivity index (χ1n) is 5.92. The first-order valence-corrected chi connectivity index (χ1v) is 6.72. The standard InChI is InChI=1S/C13H15BrN2O3/c1-8(5-11(17)12-3-2-4-19-12)16-13(18)10-6-9(14)7-15-10/h2-4,6-8,11,15,17H,5H2,1H3,(H,16,18). The van der Waals surface area contributed by atoms with Crippen molar-refractivity contribution in [2.45, 2.75) is 25.5 Å². The highest BCUT2D eigenvalue weighted by molar-refractivity contribution is 9.10. The molecule has 3 N–H and O–H groups in total. The molecule has 6 heteroatoms. The number of hydrogen-bond donors (Lipinski definition) is 3. The predicted octanol–water partition coefficient (Wildman–Crippen LogP) is 2.61. The fraction of sp³-hybridized carbons (Fsp3) is 0.308. The molecule has 0 aliphatic heterocycles. The normalized spacial score (nSPS) is 14.1. The van der Waals surface area contributed by atoms with Gasteiger partial charge in [0.1, 0.15) is 17.6 Å². The van der Waals surface area contributed by atoms with E-state index in [2.05, 4.69) is 26.2 Å². The van der Waals surface area contributed by atoms with E-state index < -0.39 is 6.10 Å². The molecule has 2 unspecified atom stereocenters. The molecule has 0 aliphatic carbocycles. The van der Waals surface area contributed by atoms with Crippen LogP contribution in [0, 0.1) is 0 Å². The molecule has 0 spiro atoms. The first kappa shape index (κ1) is 13.9. The minimum absolute atomic E-state index is 0.172. The Morgan fingerprint density at radius 3 is 3.00 bits per heavy atom. The van der Waals surface area contributed by atoms with E-state index in [0.717, 1.165) is 4.47 Å². The quantitative estimate of drug-likeness (QED) is 0.790. The zero-order valence-corrected chi connectivity index (χ0v) is 12.0. The molecule has 2 aromatic rings. The summed E-state index contributed by atoms with van der Waals surface area (Å²) in [6.07, 6.45) is 2.87. The molecule has 5 nitrogen and oxygen atoms in total. The second kappa shape index (κ2) is 6.08. The van der Waals surface area contributed by atoms with Crippen molar-refractivity contribution in [1.82, 2.24) is 10.3 Å². The van der Waals surface area contributed by atoms with Crippen molar-refractivity contribution in [3.8, 4) is 0 Å². The van der Waals surface area contributed by atoms with E-state index in [4.69, 9.17) is 4.42 Å². The Labute approximate surface area is 119 Å². The molecule has 2 aromatic heterocycles. The third-order valence-electron chi connectivity index (χ3n) is 2.72. The van der Waals surface area contributed by atoms with Crippen LogP contribution in [-0.2, 0) is 0 Å². The molecule has 2 heterocycles. The summed E-state index contributed by atoms with van der Waals surface area (Å²) in [6.45, 7) is 1.84. The summed E-state index contributed by atoms with van der Waals surface area (Å²) in [4.78, 5) is 14.7. The van der Waals surface area contributed by atoms with Gasteiger partial charge in [-0.05, 0) is 41.1 Å². The maximum Gasteiger partial charge on any atom is 0.267 e. The van der Waals surface area contributed by atoms with E-state index in [0.29, 0.717) is 17.9 Å². The number of hydrogen-bond acceptors (Lipinski definition) is 3. The number of rotatable bonds is 5. The van der Waals surface area contributed by atoms with E-state index in [9.17, 15) is 9.90 Å². The molecular formula is C13H15BrN2O3. The molecule has 2 rings (SSSR count). The third kappa shape index (κ3) is 3.71. The van der Waals surface area contributed by atoms with Gasteiger partial charge in [0.2, 0.25) is 0 Å². The number of halogens is 1. The lowest BCUT2D eigenvalue weighted by Gasteiger charge is -2.16. The molecule has 0 bridgehead atoms. The molecular weight excluding hydrogens is 312 g/mol. The number of carbonyl (C=O) groups excluding carboxylic acids is 1. The van der Waals surface area contributed by atoms with E-state index in [1.54, 1.807) is 24.4 Å². The highest BCUT2D eigenvalue weighted by Crippen LogP contribution is 2.18. The van der Waals surface area contributed by atoms with Gasteiger partial charge in [0.05, 0.1) is 6.26 Å². The Bertz CT molecular complexity index is 536. The van der Waals surface area contributed by atoms with Crippen LogP contribution in [0.5, 0.6) is 0 Å². The fourth-order valence-corrected chi connectivity index (χ4v) is 2.13. The number of nitrogens with one attached hydrogen (secondary N) is 2. The van der Waals surface area contributed by atoms with Crippen molar-refractivity contribution in [1.29, 1.82) is 0 Å². The molecule has 19 heavy (non-hydrogen) atoms. The largest absolute Gasteiger partial charge is 0.467 e. The third-order valence-corrected chi connectivity index (χ3v) is 3.18.